The summed E-state index contributed by atoms with van der Waals surface area (Å²) >= 11 is 0. The highest BCUT2D eigenvalue weighted by molar-refractivity contribution is 7.89. The fraction of sp³-hybridized carbons (Fsp3) is 0.400. The molecule has 2 aliphatic heterocycles. The van der Waals surface area contributed by atoms with E-state index in [0.717, 1.165) is 36.3 Å². The van der Waals surface area contributed by atoms with E-state index in [1.807, 2.05) is 30.0 Å². The molecule has 5 rings (SSSR count). The van der Waals surface area contributed by atoms with E-state index >= 15 is 0 Å². The predicted molar refractivity (Wildman–Crippen MR) is 153 cm³/mol. The van der Waals surface area contributed by atoms with Crippen molar-refractivity contribution in [1.82, 2.24) is 14.6 Å². The molecular formula is C30H36N4O5S. The molecule has 1 amide bonds. The van der Waals surface area contributed by atoms with Gasteiger partial charge in [0, 0.05) is 49.8 Å². The summed E-state index contributed by atoms with van der Waals surface area (Å²) in [7, 11) is -3.94. The van der Waals surface area contributed by atoms with E-state index in [4.69, 9.17) is 4.74 Å². The summed E-state index contributed by atoms with van der Waals surface area (Å²) in [6, 6.07) is 15.0. The number of aryl methyl sites for hydroxylation is 1. The Kier molecular flexibility index (Phi) is 7.85. The van der Waals surface area contributed by atoms with Crippen LogP contribution in [0.15, 0.2) is 71.9 Å². The Balaban J connectivity index is 1.33. The second-order valence-corrected chi connectivity index (χ2v) is 12.6. The van der Waals surface area contributed by atoms with Gasteiger partial charge in [0.2, 0.25) is 15.9 Å². The van der Waals surface area contributed by atoms with Crippen LogP contribution in [0.2, 0.25) is 0 Å². The molecule has 212 valence electrons. The first-order valence-electron chi connectivity index (χ1n) is 13.6. The number of fused-ring (bicyclic) bond motifs is 1. The number of aliphatic hydroxyl groups excluding tert-OH is 1. The molecule has 1 aromatic heterocycles. The smallest absolute Gasteiger partial charge is 0.241 e. The Bertz CT molecular complexity index is 1450. The van der Waals surface area contributed by atoms with E-state index in [0.29, 0.717) is 24.4 Å². The van der Waals surface area contributed by atoms with Crippen LogP contribution in [-0.2, 0) is 27.7 Å². The molecule has 0 radical (unpaired) electrons. The lowest BCUT2D eigenvalue weighted by atomic mass is 9.86. The summed E-state index contributed by atoms with van der Waals surface area (Å²) in [6.45, 7) is 8.14. The zero-order valence-electron chi connectivity index (χ0n) is 23.1. The zero-order chi connectivity index (χ0) is 28.5. The van der Waals surface area contributed by atoms with Gasteiger partial charge in [-0.15, -0.1) is 0 Å². The third-order valence-corrected chi connectivity index (χ3v) is 9.21. The molecule has 40 heavy (non-hydrogen) atoms. The number of aromatic nitrogens is 1. The molecule has 9 nitrogen and oxygen atoms in total. The molecule has 1 fully saturated rings. The van der Waals surface area contributed by atoms with Crippen LogP contribution in [0.5, 0.6) is 5.75 Å². The number of amides is 1. The average Bonchev–Trinajstić information content (AvgIpc) is 2.96. The number of rotatable bonds is 7. The average molecular weight is 565 g/mol. The van der Waals surface area contributed by atoms with Crippen molar-refractivity contribution in [3.8, 4) is 5.75 Å². The number of carbonyl (C=O) groups is 1. The Hall–Kier alpha value is -3.47. The molecule has 2 unspecified atom stereocenters. The summed E-state index contributed by atoms with van der Waals surface area (Å²) in [6.07, 6.45) is 3.34. The maximum atomic E-state index is 13.3. The monoisotopic (exact) mass is 564 g/mol. The van der Waals surface area contributed by atoms with Gasteiger partial charge in [-0.3, -0.25) is 9.78 Å². The first-order chi connectivity index (χ1) is 19.1. The van der Waals surface area contributed by atoms with E-state index in [1.165, 1.54) is 0 Å². The molecule has 3 heterocycles. The molecule has 0 bridgehead atoms. The fourth-order valence-electron chi connectivity index (χ4n) is 5.28. The number of sulfonamides is 1. The van der Waals surface area contributed by atoms with Crippen LogP contribution in [-0.4, -0.2) is 67.2 Å². The van der Waals surface area contributed by atoms with Crippen molar-refractivity contribution in [2.24, 2.45) is 0 Å². The van der Waals surface area contributed by atoms with Crippen molar-refractivity contribution in [3.63, 3.8) is 0 Å². The normalized spacial score (nSPS) is 20.5. The summed E-state index contributed by atoms with van der Waals surface area (Å²) in [5, 5.41) is 11.2. The largest absolute Gasteiger partial charge is 0.485 e. The van der Waals surface area contributed by atoms with E-state index in [-0.39, 0.29) is 17.2 Å². The van der Waals surface area contributed by atoms with Gasteiger partial charge < -0.3 is 19.6 Å². The Labute approximate surface area is 235 Å². The highest BCUT2D eigenvalue weighted by Crippen LogP contribution is 2.41. The number of nitrogens with zero attached hydrogens (tertiary/aromatic N) is 3. The van der Waals surface area contributed by atoms with E-state index in [1.54, 1.807) is 62.6 Å². The summed E-state index contributed by atoms with van der Waals surface area (Å²) in [5.74, 6) is 0.478. The molecule has 2 aliphatic rings. The maximum absolute atomic E-state index is 13.3. The van der Waals surface area contributed by atoms with Gasteiger partial charge in [0.05, 0.1) is 17.4 Å². The first kappa shape index (κ1) is 28.1. The van der Waals surface area contributed by atoms with Crippen LogP contribution in [0, 0.1) is 0 Å². The predicted octanol–water partition coefficient (Wildman–Crippen LogP) is 3.09. The number of hydrogen-bond acceptors (Lipinski definition) is 7. The van der Waals surface area contributed by atoms with Gasteiger partial charge in [0.25, 0.3) is 0 Å². The zero-order valence-corrected chi connectivity index (χ0v) is 23.9. The summed E-state index contributed by atoms with van der Waals surface area (Å²) in [5.41, 5.74) is 2.33. The number of aliphatic hydroxyl groups is 1. The highest BCUT2D eigenvalue weighted by atomic mass is 32.2. The minimum absolute atomic E-state index is 0.0000732. The van der Waals surface area contributed by atoms with Crippen molar-refractivity contribution in [3.05, 3.63) is 83.7 Å². The number of piperazine rings is 1. The topological polar surface area (TPSA) is 112 Å². The third-order valence-electron chi connectivity index (χ3n) is 7.75. The SMILES string of the molecule is CCc1ccc(S(=O)(=O)NC2c3cc(CC(=O)N4CCN(c5ccncc5)CC4)ccc3OC(C)(C)C2O)cc1. The van der Waals surface area contributed by atoms with Gasteiger partial charge in [-0.25, -0.2) is 13.1 Å². The number of hydrogen-bond donors (Lipinski definition) is 2. The summed E-state index contributed by atoms with van der Waals surface area (Å²) < 4.78 is 35.4. The lowest BCUT2D eigenvalue weighted by molar-refractivity contribution is -0.130. The first-order valence-corrected chi connectivity index (χ1v) is 15.1. The van der Waals surface area contributed by atoms with Gasteiger partial charge in [0.1, 0.15) is 17.5 Å². The molecule has 1 saturated heterocycles. The molecule has 2 aromatic carbocycles. The number of benzene rings is 2. The number of carbonyl (C=O) groups excluding carboxylic acids is 1. The molecule has 2 atom stereocenters. The standard InChI is InChI=1S/C30H36N4O5S/c1-4-21-5-8-24(9-6-21)40(37,38)32-28-25-19-22(7-10-26(25)39-30(2,3)29(28)36)20-27(35)34-17-15-33(16-18-34)23-11-13-31-14-12-23/h5-14,19,28-29,32,36H,4,15-18,20H2,1-3H3. The molecule has 0 aliphatic carbocycles. The van der Waals surface area contributed by atoms with Crippen molar-refractivity contribution in [1.29, 1.82) is 0 Å². The quantitative estimate of drug-likeness (QED) is 0.454. The number of pyridine rings is 1. The lowest BCUT2D eigenvalue weighted by Crippen LogP contribution is -2.53. The van der Waals surface area contributed by atoms with Gasteiger partial charge in [-0.05, 0) is 67.8 Å². The van der Waals surface area contributed by atoms with Crippen molar-refractivity contribution < 1.29 is 23.1 Å². The van der Waals surface area contributed by atoms with Crippen LogP contribution in [0.3, 0.4) is 0 Å². The van der Waals surface area contributed by atoms with Crippen LogP contribution >= 0.6 is 0 Å². The third kappa shape index (κ3) is 5.84. The molecule has 0 spiro atoms. The number of ether oxygens (including phenoxy) is 1. The molecule has 10 heteroatoms. The minimum atomic E-state index is -3.94. The van der Waals surface area contributed by atoms with Crippen molar-refractivity contribution >= 4 is 21.6 Å². The lowest BCUT2D eigenvalue weighted by Gasteiger charge is -2.42. The van der Waals surface area contributed by atoms with E-state index < -0.39 is 27.8 Å². The number of anilines is 1. The van der Waals surface area contributed by atoms with Gasteiger partial charge in [-0.1, -0.05) is 25.1 Å². The molecule has 2 N–H and O–H groups in total. The van der Waals surface area contributed by atoms with Gasteiger partial charge >= 0.3 is 0 Å². The van der Waals surface area contributed by atoms with Crippen LogP contribution in [0.4, 0.5) is 5.69 Å². The van der Waals surface area contributed by atoms with Crippen molar-refractivity contribution in [2.45, 2.75) is 56.3 Å². The molecule has 0 saturated carbocycles. The molecule has 3 aromatic rings. The summed E-state index contributed by atoms with van der Waals surface area (Å²) in [4.78, 5) is 21.5. The molecular weight excluding hydrogens is 528 g/mol. The minimum Gasteiger partial charge on any atom is -0.485 e. The number of nitrogens with one attached hydrogen (secondary N) is 1. The van der Waals surface area contributed by atoms with Crippen LogP contribution in [0.1, 0.15) is 43.5 Å². The van der Waals surface area contributed by atoms with Gasteiger partial charge in [-0.2, -0.15) is 0 Å². The van der Waals surface area contributed by atoms with Crippen LogP contribution in [0.25, 0.3) is 0 Å². The van der Waals surface area contributed by atoms with E-state index in [2.05, 4.69) is 14.6 Å². The highest BCUT2D eigenvalue weighted by Gasteiger charge is 2.44. The Morgan fingerprint density at radius 1 is 1.02 bits per heavy atom. The Morgan fingerprint density at radius 3 is 2.33 bits per heavy atom. The van der Waals surface area contributed by atoms with Crippen LogP contribution < -0.4 is 14.4 Å². The van der Waals surface area contributed by atoms with E-state index in [9.17, 15) is 18.3 Å². The second kappa shape index (κ2) is 11.2. The van der Waals surface area contributed by atoms with Crippen molar-refractivity contribution in [2.75, 3.05) is 31.1 Å². The fourth-order valence-corrected chi connectivity index (χ4v) is 6.50. The maximum Gasteiger partial charge on any atom is 0.241 e. The Morgan fingerprint density at radius 2 is 1.68 bits per heavy atom. The van der Waals surface area contributed by atoms with Gasteiger partial charge in [0.15, 0.2) is 0 Å². The second-order valence-electron chi connectivity index (χ2n) is 10.9.